The predicted octanol–water partition coefficient (Wildman–Crippen LogP) is 3.88. The van der Waals surface area contributed by atoms with E-state index in [-0.39, 0.29) is 22.9 Å². The fourth-order valence-corrected chi connectivity index (χ4v) is 3.99. The molecule has 2 amide bonds. The van der Waals surface area contributed by atoms with Crippen LogP contribution in [0.15, 0.2) is 47.6 Å². The molecule has 0 saturated heterocycles. The number of anilines is 1. The van der Waals surface area contributed by atoms with E-state index in [9.17, 15) is 24.1 Å². The van der Waals surface area contributed by atoms with Crippen molar-refractivity contribution in [1.82, 2.24) is 20.1 Å². The first-order valence-corrected chi connectivity index (χ1v) is 11.4. The van der Waals surface area contributed by atoms with E-state index < -0.39 is 22.7 Å². The Morgan fingerprint density at radius 3 is 2.65 bits per heavy atom. The third-order valence-electron chi connectivity index (χ3n) is 4.95. The molecule has 0 aliphatic rings. The summed E-state index contributed by atoms with van der Waals surface area (Å²) in [5.74, 6) is -1.09. The fourth-order valence-electron chi connectivity index (χ4n) is 3.18. The number of non-ortho nitro benzene ring substituents is 1. The Kier molecular flexibility index (Phi) is 7.95. The number of nitro groups is 1. The quantitative estimate of drug-likeness (QED) is 0.266. The first-order chi connectivity index (χ1) is 16.2. The average molecular weight is 487 g/mol. The minimum atomic E-state index is -0.620. The van der Waals surface area contributed by atoms with Crippen molar-refractivity contribution in [2.45, 2.75) is 38.5 Å². The molecule has 10 nitrogen and oxygen atoms in total. The van der Waals surface area contributed by atoms with Crippen LogP contribution >= 0.6 is 11.8 Å². The molecular formula is C22H23FN6O4S. The number of carbonyl (C=O) groups is 2. The van der Waals surface area contributed by atoms with Crippen molar-refractivity contribution in [2.24, 2.45) is 0 Å². The summed E-state index contributed by atoms with van der Waals surface area (Å²) in [5, 5.41) is 25.1. The molecule has 3 rings (SSSR count). The number of benzene rings is 2. The Morgan fingerprint density at radius 1 is 1.24 bits per heavy atom. The van der Waals surface area contributed by atoms with Gasteiger partial charge in [-0.2, -0.15) is 0 Å². The zero-order chi connectivity index (χ0) is 24.8. The van der Waals surface area contributed by atoms with E-state index in [0.29, 0.717) is 28.8 Å². The zero-order valence-electron chi connectivity index (χ0n) is 18.7. The first-order valence-electron chi connectivity index (χ1n) is 10.4. The number of nitrogens with zero attached hydrogens (tertiary/aromatic N) is 4. The van der Waals surface area contributed by atoms with Crippen molar-refractivity contribution in [3.8, 4) is 0 Å². The lowest BCUT2D eigenvalue weighted by atomic mass is 10.2. The molecular weight excluding hydrogens is 463 g/mol. The number of halogens is 1. The standard InChI is InChI=1S/C22H23FN6O4S/c1-4-28-20(14(3)24-21(31)16-7-5-6-8-17(16)23)26-27-22(28)34-12-19(30)25-18-11-15(29(32)33)10-9-13(18)2/h5-11,14H,4,12H2,1-3H3,(H,24,31)(H,25,30). The number of hydrogen-bond acceptors (Lipinski definition) is 7. The van der Waals surface area contributed by atoms with Gasteiger partial charge < -0.3 is 15.2 Å². The van der Waals surface area contributed by atoms with Crippen molar-refractivity contribution in [1.29, 1.82) is 0 Å². The second-order valence-corrected chi connectivity index (χ2v) is 8.30. The van der Waals surface area contributed by atoms with Crippen LogP contribution in [0.2, 0.25) is 0 Å². The SMILES string of the molecule is CCn1c(SCC(=O)Nc2cc([N+](=O)[O-])ccc2C)nnc1C(C)NC(=O)c1ccccc1F. The molecule has 1 unspecified atom stereocenters. The van der Waals surface area contributed by atoms with Crippen LogP contribution in [0.1, 0.15) is 41.6 Å². The van der Waals surface area contributed by atoms with Gasteiger partial charge in [-0.3, -0.25) is 19.7 Å². The minimum Gasteiger partial charge on any atom is -0.342 e. The third-order valence-corrected chi connectivity index (χ3v) is 5.92. The molecule has 178 valence electrons. The van der Waals surface area contributed by atoms with Gasteiger partial charge in [-0.15, -0.1) is 10.2 Å². The highest BCUT2D eigenvalue weighted by Crippen LogP contribution is 2.24. The number of nitrogens with one attached hydrogen (secondary N) is 2. The van der Waals surface area contributed by atoms with Crippen LogP contribution in [0, 0.1) is 22.9 Å². The monoisotopic (exact) mass is 486 g/mol. The number of aryl methyl sites for hydroxylation is 1. The van der Waals surface area contributed by atoms with Crippen molar-refractivity contribution in [2.75, 3.05) is 11.1 Å². The van der Waals surface area contributed by atoms with E-state index >= 15 is 0 Å². The molecule has 3 aromatic rings. The van der Waals surface area contributed by atoms with Gasteiger partial charge in [0.15, 0.2) is 11.0 Å². The minimum absolute atomic E-state index is 0.00374. The molecule has 0 spiro atoms. The van der Waals surface area contributed by atoms with Gasteiger partial charge in [0.1, 0.15) is 5.82 Å². The molecule has 0 bridgehead atoms. The van der Waals surface area contributed by atoms with Gasteiger partial charge in [-0.05, 0) is 38.5 Å². The number of aromatic nitrogens is 3. The predicted molar refractivity (Wildman–Crippen MR) is 125 cm³/mol. The van der Waals surface area contributed by atoms with Gasteiger partial charge in [0.25, 0.3) is 11.6 Å². The van der Waals surface area contributed by atoms with Gasteiger partial charge in [0.2, 0.25) is 5.91 Å². The summed E-state index contributed by atoms with van der Waals surface area (Å²) in [5.41, 5.74) is 0.874. The zero-order valence-corrected chi connectivity index (χ0v) is 19.6. The second-order valence-electron chi connectivity index (χ2n) is 7.35. The van der Waals surface area contributed by atoms with E-state index in [0.717, 1.165) is 11.8 Å². The van der Waals surface area contributed by atoms with Gasteiger partial charge in [-0.1, -0.05) is 30.0 Å². The Bertz CT molecular complexity index is 1230. The Hall–Kier alpha value is -3.80. The average Bonchev–Trinajstić information content (AvgIpc) is 3.22. The highest BCUT2D eigenvalue weighted by molar-refractivity contribution is 7.99. The third kappa shape index (κ3) is 5.76. The number of amides is 2. The lowest BCUT2D eigenvalue weighted by molar-refractivity contribution is -0.384. The Balaban J connectivity index is 1.66. The van der Waals surface area contributed by atoms with Crippen molar-refractivity contribution in [3.63, 3.8) is 0 Å². The lowest BCUT2D eigenvalue weighted by Gasteiger charge is -2.15. The Morgan fingerprint density at radius 2 is 1.97 bits per heavy atom. The second kappa shape index (κ2) is 10.9. The number of carbonyl (C=O) groups excluding carboxylic acids is 2. The summed E-state index contributed by atoms with van der Waals surface area (Å²) < 4.78 is 15.6. The summed E-state index contributed by atoms with van der Waals surface area (Å²) in [4.78, 5) is 35.3. The molecule has 0 radical (unpaired) electrons. The van der Waals surface area contributed by atoms with Crippen LogP contribution in [0.3, 0.4) is 0 Å². The molecule has 2 N–H and O–H groups in total. The van der Waals surface area contributed by atoms with Gasteiger partial charge in [-0.25, -0.2) is 4.39 Å². The lowest BCUT2D eigenvalue weighted by Crippen LogP contribution is -2.29. The maximum absolute atomic E-state index is 13.9. The van der Waals surface area contributed by atoms with Gasteiger partial charge in [0.05, 0.1) is 28.0 Å². The van der Waals surface area contributed by atoms with E-state index in [1.807, 2.05) is 6.92 Å². The molecule has 0 saturated carbocycles. The van der Waals surface area contributed by atoms with Crippen molar-refractivity contribution in [3.05, 3.63) is 75.3 Å². The number of rotatable bonds is 9. The molecule has 1 heterocycles. The van der Waals surface area contributed by atoms with Gasteiger partial charge >= 0.3 is 0 Å². The van der Waals surface area contributed by atoms with E-state index in [2.05, 4.69) is 20.8 Å². The van der Waals surface area contributed by atoms with E-state index in [4.69, 9.17) is 0 Å². The van der Waals surface area contributed by atoms with E-state index in [1.54, 1.807) is 30.5 Å². The molecule has 34 heavy (non-hydrogen) atoms. The molecule has 0 aliphatic carbocycles. The highest BCUT2D eigenvalue weighted by atomic mass is 32.2. The first kappa shape index (κ1) is 24.8. The summed E-state index contributed by atoms with van der Waals surface area (Å²) in [7, 11) is 0. The van der Waals surface area contributed by atoms with Crippen molar-refractivity contribution < 1.29 is 18.9 Å². The fraction of sp³-hybridized carbons (Fsp3) is 0.273. The smallest absolute Gasteiger partial charge is 0.271 e. The van der Waals surface area contributed by atoms with Crippen LogP contribution in [0.5, 0.6) is 0 Å². The molecule has 0 aliphatic heterocycles. The Labute approximate surface area is 199 Å². The number of hydrogen-bond donors (Lipinski definition) is 2. The molecule has 0 fully saturated rings. The van der Waals surface area contributed by atoms with Crippen LogP contribution in [-0.4, -0.2) is 37.3 Å². The van der Waals surface area contributed by atoms with Crippen LogP contribution in [-0.2, 0) is 11.3 Å². The summed E-state index contributed by atoms with van der Waals surface area (Å²) in [6, 6.07) is 9.37. The number of thioether (sulfide) groups is 1. The maximum atomic E-state index is 13.9. The summed E-state index contributed by atoms with van der Waals surface area (Å²) >= 11 is 1.14. The molecule has 12 heteroatoms. The summed E-state index contributed by atoms with van der Waals surface area (Å²) in [6.07, 6.45) is 0. The van der Waals surface area contributed by atoms with Crippen LogP contribution in [0.25, 0.3) is 0 Å². The number of nitro benzene ring substituents is 1. The normalized spacial score (nSPS) is 11.6. The van der Waals surface area contributed by atoms with E-state index in [1.165, 1.54) is 30.3 Å². The topological polar surface area (TPSA) is 132 Å². The molecule has 2 aromatic carbocycles. The highest BCUT2D eigenvalue weighted by Gasteiger charge is 2.21. The van der Waals surface area contributed by atoms with Crippen molar-refractivity contribution >= 4 is 35.0 Å². The van der Waals surface area contributed by atoms with Crippen LogP contribution in [0.4, 0.5) is 15.8 Å². The maximum Gasteiger partial charge on any atom is 0.271 e. The van der Waals surface area contributed by atoms with Crippen LogP contribution < -0.4 is 10.6 Å². The summed E-state index contributed by atoms with van der Waals surface area (Å²) in [6.45, 7) is 5.80. The van der Waals surface area contributed by atoms with Gasteiger partial charge in [0, 0.05) is 18.7 Å². The molecule has 1 atom stereocenters. The largest absolute Gasteiger partial charge is 0.342 e. The molecule has 1 aromatic heterocycles.